The van der Waals surface area contributed by atoms with Crippen LogP contribution in [0.25, 0.3) is 0 Å². The summed E-state index contributed by atoms with van der Waals surface area (Å²) in [4.78, 5) is 14.2. The molecule has 1 N–H and O–H groups in total. The van der Waals surface area contributed by atoms with Crippen molar-refractivity contribution >= 4 is 5.91 Å². The van der Waals surface area contributed by atoms with Crippen molar-refractivity contribution in [3.8, 4) is 0 Å². The smallest absolute Gasteiger partial charge is 0.245 e. The van der Waals surface area contributed by atoms with E-state index in [2.05, 4.69) is 35.9 Å². The molecule has 0 aliphatic rings. The fraction of sp³-hybridized carbons (Fsp3) is 0.609. The van der Waals surface area contributed by atoms with Gasteiger partial charge in [-0.1, -0.05) is 95.2 Å². The van der Waals surface area contributed by atoms with Gasteiger partial charge in [0.1, 0.15) is 5.66 Å². The van der Waals surface area contributed by atoms with E-state index < -0.39 is 5.66 Å². The predicted molar refractivity (Wildman–Crippen MR) is 112 cm³/mol. The first-order valence-corrected chi connectivity index (χ1v) is 10.2. The Balaban J connectivity index is 2.60. The molecule has 0 saturated heterocycles. The molecule has 3 nitrogen and oxygen atoms in total. The molecule has 0 saturated carbocycles. The van der Waals surface area contributed by atoms with Crippen molar-refractivity contribution in [3.63, 3.8) is 0 Å². The van der Waals surface area contributed by atoms with Crippen LogP contribution in [0.5, 0.6) is 0 Å². The average molecular weight is 359 g/mol. The van der Waals surface area contributed by atoms with Gasteiger partial charge in [-0.3, -0.25) is 9.69 Å². The van der Waals surface area contributed by atoms with Crippen LogP contribution in [-0.2, 0) is 10.5 Å². The van der Waals surface area contributed by atoms with Crippen LogP contribution in [0, 0.1) is 0 Å². The highest BCUT2D eigenvalue weighted by Gasteiger charge is 2.35. The molecule has 1 atom stereocenters. The van der Waals surface area contributed by atoms with Gasteiger partial charge in [-0.2, -0.15) is 0 Å². The molecule has 0 bridgehead atoms. The number of nitrogens with one attached hydrogen (secondary N) is 1. The molecule has 0 aromatic heterocycles. The number of amides is 1. The molecule has 3 heteroatoms. The van der Waals surface area contributed by atoms with E-state index in [-0.39, 0.29) is 5.91 Å². The summed E-state index contributed by atoms with van der Waals surface area (Å²) in [7, 11) is 4.06. The molecule has 0 spiro atoms. The number of carbonyl (C=O) groups is 1. The Morgan fingerprint density at radius 2 is 1.54 bits per heavy atom. The lowest BCUT2D eigenvalue weighted by molar-refractivity contribution is -0.121. The molecule has 1 aromatic rings. The number of unbranched alkanes of at least 4 members (excludes halogenated alkanes) is 8. The highest BCUT2D eigenvalue weighted by atomic mass is 16.1. The zero-order valence-electron chi connectivity index (χ0n) is 17.1. The molecule has 1 amide bonds. The Morgan fingerprint density at radius 3 is 2.04 bits per heavy atom. The van der Waals surface area contributed by atoms with E-state index in [4.69, 9.17) is 0 Å². The highest BCUT2D eigenvalue weighted by Crippen LogP contribution is 2.30. The van der Waals surface area contributed by atoms with Gasteiger partial charge in [-0.15, -0.1) is 0 Å². The second-order valence-electron chi connectivity index (χ2n) is 7.39. The van der Waals surface area contributed by atoms with Crippen molar-refractivity contribution in [2.75, 3.05) is 14.1 Å². The van der Waals surface area contributed by atoms with Crippen LogP contribution in [0.3, 0.4) is 0 Å². The van der Waals surface area contributed by atoms with E-state index >= 15 is 0 Å². The van der Waals surface area contributed by atoms with Crippen LogP contribution >= 0.6 is 0 Å². The first kappa shape index (κ1) is 22.4. The summed E-state index contributed by atoms with van der Waals surface area (Å²) >= 11 is 0. The van der Waals surface area contributed by atoms with E-state index in [1.54, 1.807) is 0 Å². The van der Waals surface area contributed by atoms with Crippen LogP contribution in [0.2, 0.25) is 0 Å². The molecule has 1 unspecified atom stereocenters. The minimum atomic E-state index is -0.479. The number of nitrogens with zero attached hydrogens (tertiary/aromatic N) is 1. The Bertz CT molecular complexity index is 512. The van der Waals surface area contributed by atoms with Gasteiger partial charge in [0.05, 0.1) is 0 Å². The summed E-state index contributed by atoms with van der Waals surface area (Å²) in [6.07, 6.45) is 13.9. The maximum Gasteiger partial charge on any atom is 0.245 e. The third kappa shape index (κ3) is 7.33. The minimum absolute atomic E-state index is 0.126. The molecular weight excluding hydrogens is 320 g/mol. The van der Waals surface area contributed by atoms with Gasteiger partial charge in [0.25, 0.3) is 0 Å². The summed E-state index contributed by atoms with van der Waals surface area (Å²) in [5, 5.41) is 3.19. The van der Waals surface area contributed by atoms with E-state index in [1.807, 2.05) is 32.3 Å². The highest BCUT2D eigenvalue weighted by molar-refractivity contribution is 5.87. The first-order chi connectivity index (χ1) is 12.6. The topological polar surface area (TPSA) is 32.3 Å². The van der Waals surface area contributed by atoms with Crippen LogP contribution in [0.15, 0.2) is 43.0 Å². The lowest BCUT2D eigenvalue weighted by atomic mass is 9.91. The van der Waals surface area contributed by atoms with E-state index in [0.29, 0.717) is 0 Å². The lowest BCUT2D eigenvalue weighted by Gasteiger charge is -2.41. The third-order valence-corrected chi connectivity index (χ3v) is 5.17. The Hall–Kier alpha value is -1.61. The Labute approximate surface area is 160 Å². The van der Waals surface area contributed by atoms with Crippen molar-refractivity contribution in [1.82, 2.24) is 10.2 Å². The second-order valence-corrected chi connectivity index (χ2v) is 7.39. The summed E-state index contributed by atoms with van der Waals surface area (Å²) in [5.41, 5.74) is 0.646. The molecule has 0 fully saturated rings. The van der Waals surface area contributed by atoms with Crippen molar-refractivity contribution in [1.29, 1.82) is 0 Å². The second kappa shape index (κ2) is 12.7. The fourth-order valence-electron chi connectivity index (χ4n) is 3.53. The fourth-order valence-corrected chi connectivity index (χ4v) is 3.53. The molecule has 0 aliphatic heterocycles. The van der Waals surface area contributed by atoms with E-state index in [9.17, 15) is 4.79 Å². The van der Waals surface area contributed by atoms with Crippen molar-refractivity contribution < 1.29 is 4.79 Å². The molecule has 0 aliphatic carbocycles. The Kier molecular flexibility index (Phi) is 11.0. The maximum atomic E-state index is 12.1. The standard InChI is InChI=1S/C23H38N2O/c1-5-7-8-9-10-11-12-13-17-20-23(25(3)4,24-22(26)6-2)21-18-15-14-16-19-21/h6,14-16,18-19H,2,5,7-13,17,20H2,1,3-4H3,(H,24,26). The molecule has 146 valence electrons. The number of benzene rings is 1. The third-order valence-electron chi connectivity index (χ3n) is 5.17. The average Bonchev–Trinajstić information content (AvgIpc) is 2.66. The first-order valence-electron chi connectivity index (χ1n) is 10.2. The van der Waals surface area contributed by atoms with Gasteiger partial charge in [0.15, 0.2) is 0 Å². The quantitative estimate of drug-likeness (QED) is 0.266. The zero-order chi connectivity index (χ0) is 19.3. The summed E-state index contributed by atoms with van der Waals surface area (Å²) in [6, 6.07) is 10.3. The largest absolute Gasteiger partial charge is 0.330 e. The van der Waals surface area contributed by atoms with E-state index in [0.717, 1.165) is 18.4 Å². The van der Waals surface area contributed by atoms with Gasteiger partial charge in [-0.05, 0) is 38.6 Å². The number of carbonyl (C=O) groups excluding carboxylic acids is 1. The maximum absolute atomic E-state index is 12.1. The number of rotatable bonds is 14. The molecule has 0 heterocycles. The van der Waals surface area contributed by atoms with Crippen molar-refractivity contribution in [2.24, 2.45) is 0 Å². The van der Waals surface area contributed by atoms with Crippen molar-refractivity contribution in [2.45, 2.75) is 76.8 Å². The minimum Gasteiger partial charge on any atom is -0.330 e. The molecule has 0 radical (unpaired) electrons. The normalized spacial score (nSPS) is 13.4. The molecular formula is C23H38N2O. The van der Waals surface area contributed by atoms with Crippen LogP contribution in [0.4, 0.5) is 0 Å². The van der Waals surface area contributed by atoms with Gasteiger partial charge >= 0.3 is 0 Å². The zero-order valence-corrected chi connectivity index (χ0v) is 17.1. The van der Waals surface area contributed by atoms with Crippen LogP contribution in [-0.4, -0.2) is 24.9 Å². The van der Waals surface area contributed by atoms with Gasteiger partial charge in [0.2, 0.25) is 5.91 Å². The van der Waals surface area contributed by atoms with Crippen molar-refractivity contribution in [3.05, 3.63) is 48.6 Å². The lowest BCUT2D eigenvalue weighted by Crippen LogP contribution is -2.55. The molecule has 1 aromatic carbocycles. The molecule has 1 rings (SSSR count). The predicted octanol–water partition coefficient (Wildman–Crippen LogP) is 5.62. The summed E-state index contributed by atoms with van der Waals surface area (Å²) in [5.74, 6) is -0.126. The summed E-state index contributed by atoms with van der Waals surface area (Å²) < 4.78 is 0. The van der Waals surface area contributed by atoms with Gasteiger partial charge < -0.3 is 5.32 Å². The summed E-state index contributed by atoms with van der Waals surface area (Å²) in [6.45, 7) is 5.88. The Morgan fingerprint density at radius 1 is 1.00 bits per heavy atom. The van der Waals surface area contributed by atoms with Gasteiger partial charge in [0, 0.05) is 0 Å². The number of hydrogen-bond acceptors (Lipinski definition) is 2. The van der Waals surface area contributed by atoms with Gasteiger partial charge in [-0.25, -0.2) is 0 Å². The number of hydrogen-bond donors (Lipinski definition) is 1. The monoisotopic (exact) mass is 358 g/mol. The van der Waals surface area contributed by atoms with Crippen LogP contribution < -0.4 is 5.32 Å². The SMILES string of the molecule is C=CC(=O)NC(CCCCCCCCCCC)(c1ccccc1)N(C)C. The van der Waals surface area contributed by atoms with Crippen LogP contribution in [0.1, 0.15) is 76.7 Å². The molecule has 26 heavy (non-hydrogen) atoms. The van der Waals surface area contributed by atoms with E-state index in [1.165, 1.54) is 57.4 Å².